The molecule has 4 rings (SSSR count). The van der Waals surface area contributed by atoms with Crippen LogP contribution < -0.4 is 10.5 Å². The molecule has 164 valence electrons. The van der Waals surface area contributed by atoms with Gasteiger partial charge >= 0.3 is 5.76 Å². The van der Waals surface area contributed by atoms with Gasteiger partial charge in [0.15, 0.2) is 5.58 Å². The molecular weight excluding hydrogens is 448 g/mol. The predicted molar refractivity (Wildman–Crippen MR) is 111 cm³/mol. The van der Waals surface area contributed by atoms with Crippen molar-refractivity contribution in [1.29, 1.82) is 0 Å². The first-order valence-electron chi connectivity index (χ1n) is 9.36. The van der Waals surface area contributed by atoms with Crippen LogP contribution in [0.25, 0.3) is 11.1 Å². The summed E-state index contributed by atoms with van der Waals surface area (Å²) in [5, 5.41) is 12.6. The van der Waals surface area contributed by atoms with Gasteiger partial charge in [-0.05, 0) is 30.4 Å². The first kappa shape index (κ1) is 21.2. The van der Waals surface area contributed by atoms with Crippen molar-refractivity contribution in [1.82, 2.24) is 14.2 Å². The Morgan fingerprint density at radius 3 is 2.68 bits per heavy atom. The fourth-order valence-electron chi connectivity index (χ4n) is 3.49. The molecule has 0 aliphatic carbocycles. The second-order valence-electron chi connectivity index (χ2n) is 7.07. The number of benzene rings is 1. The largest absolute Gasteiger partial charge is 0.420 e. The Balaban J connectivity index is 1.40. The lowest BCUT2D eigenvalue weighted by Gasteiger charge is -2.32. The summed E-state index contributed by atoms with van der Waals surface area (Å²) in [5.41, 5.74) is 0.114. The Hall–Kier alpha value is -3.03. The molecule has 1 aliphatic rings. The van der Waals surface area contributed by atoms with Gasteiger partial charge in [-0.25, -0.2) is 17.9 Å². The van der Waals surface area contributed by atoms with Gasteiger partial charge in [-0.1, -0.05) is 6.07 Å². The number of amides is 1. The molecule has 1 amide bonds. The van der Waals surface area contributed by atoms with E-state index in [9.17, 15) is 28.1 Å². The SMILES string of the molecule is O=C(Cn1c(=O)oc2cc([N+](=O)[O-])ccc21)N1CCC(NS(=O)(=O)c2cccs2)CC1. The highest BCUT2D eigenvalue weighted by Crippen LogP contribution is 2.21. The standard InChI is InChI=1S/C18H18N4O7S2/c23-16(11-21-14-4-3-13(22(25)26)10-15(14)29-18(21)24)20-7-5-12(6-8-20)19-31(27,28)17-2-1-9-30-17/h1-4,9-10,12,19H,5-8,11H2. The van der Waals surface area contributed by atoms with Crippen molar-refractivity contribution in [3.63, 3.8) is 0 Å². The van der Waals surface area contributed by atoms with Gasteiger partial charge in [0.25, 0.3) is 5.69 Å². The maximum atomic E-state index is 12.7. The first-order valence-corrected chi connectivity index (χ1v) is 11.7. The highest BCUT2D eigenvalue weighted by Gasteiger charge is 2.28. The third-order valence-corrected chi connectivity index (χ3v) is 8.00. The van der Waals surface area contributed by atoms with Crippen LogP contribution in [-0.2, 0) is 21.4 Å². The molecule has 0 radical (unpaired) electrons. The summed E-state index contributed by atoms with van der Waals surface area (Å²) in [7, 11) is -3.58. The zero-order chi connectivity index (χ0) is 22.2. The van der Waals surface area contributed by atoms with Crippen molar-refractivity contribution < 1.29 is 22.6 Å². The number of hydrogen-bond donors (Lipinski definition) is 1. The van der Waals surface area contributed by atoms with Crippen LogP contribution in [0.4, 0.5) is 5.69 Å². The molecule has 13 heteroatoms. The topological polar surface area (TPSA) is 145 Å². The third kappa shape index (κ3) is 4.38. The quantitative estimate of drug-likeness (QED) is 0.428. The van der Waals surface area contributed by atoms with Crippen LogP contribution in [0.5, 0.6) is 0 Å². The number of aromatic nitrogens is 1. The number of sulfonamides is 1. The van der Waals surface area contributed by atoms with Gasteiger partial charge in [-0.3, -0.25) is 19.5 Å². The van der Waals surface area contributed by atoms with Crippen molar-refractivity contribution in [3.8, 4) is 0 Å². The van der Waals surface area contributed by atoms with Gasteiger partial charge in [0.05, 0.1) is 16.5 Å². The number of carbonyl (C=O) groups is 1. The number of piperidine rings is 1. The summed E-state index contributed by atoms with van der Waals surface area (Å²) in [6, 6.07) is 6.67. The van der Waals surface area contributed by atoms with E-state index < -0.39 is 20.7 Å². The minimum atomic E-state index is -3.58. The molecule has 0 saturated carbocycles. The lowest BCUT2D eigenvalue weighted by Crippen LogP contribution is -2.47. The Bertz CT molecular complexity index is 1290. The molecule has 1 N–H and O–H groups in total. The monoisotopic (exact) mass is 466 g/mol. The van der Waals surface area contributed by atoms with Gasteiger partial charge in [0, 0.05) is 25.2 Å². The summed E-state index contributed by atoms with van der Waals surface area (Å²) in [4.78, 5) is 36.7. The zero-order valence-corrected chi connectivity index (χ0v) is 17.7. The molecule has 0 atom stereocenters. The Morgan fingerprint density at radius 1 is 1.29 bits per heavy atom. The molecule has 3 heterocycles. The highest BCUT2D eigenvalue weighted by atomic mass is 32.2. The number of nitro groups is 1. The number of fused-ring (bicyclic) bond motifs is 1. The van der Waals surface area contributed by atoms with Gasteiger partial charge < -0.3 is 9.32 Å². The Morgan fingerprint density at radius 2 is 2.03 bits per heavy atom. The number of non-ortho nitro benzene ring substituents is 1. The van der Waals surface area contributed by atoms with E-state index >= 15 is 0 Å². The summed E-state index contributed by atoms with van der Waals surface area (Å²) in [6.07, 6.45) is 0.896. The maximum absolute atomic E-state index is 12.7. The lowest BCUT2D eigenvalue weighted by atomic mass is 10.1. The van der Waals surface area contributed by atoms with Crippen LogP contribution >= 0.6 is 11.3 Å². The zero-order valence-electron chi connectivity index (χ0n) is 16.1. The first-order chi connectivity index (χ1) is 14.7. The van der Waals surface area contributed by atoms with Crippen LogP contribution in [-0.4, -0.2) is 47.8 Å². The maximum Gasteiger partial charge on any atom is 0.420 e. The van der Waals surface area contributed by atoms with Crippen molar-refractivity contribution in [2.75, 3.05) is 13.1 Å². The van der Waals surface area contributed by atoms with E-state index in [4.69, 9.17) is 4.42 Å². The van der Waals surface area contributed by atoms with Crippen molar-refractivity contribution in [2.24, 2.45) is 0 Å². The number of carbonyl (C=O) groups excluding carboxylic acids is 1. The molecule has 1 fully saturated rings. The molecule has 3 aromatic rings. The van der Waals surface area contributed by atoms with Gasteiger partial charge in [0.1, 0.15) is 10.8 Å². The van der Waals surface area contributed by atoms with Crippen LogP contribution in [0.1, 0.15) is 12.8 Å². The molecule has 1 saturated heterocycles. The van der Waals surface area contributed by atoms with Gasteiger partial charge in [-0.15, -0.1) is 11.3 Å². The van der Waals surface area contributed by atoms with Crippen LogP contribution in [0.2, 0.25) is 0 Å². The molecular formula is C18H18N4O7S2. The number of oxazole rings is 1. The molecule has 0 bridgehead atoms. The summed E-state index contributed by atoms with van der Waals surface area (Å²) in [5.74, 6) is -1.09. The molecule has 11 nitrogen and oxygen atoms in total. The number of nitrogens with zero attached hydrogens (tertiary/aromatic N) is 3. The summed E-state index contributed by atoms with van der Waals surface area (Å²) in [6.45, 7) is 0.411. The average Bonchev–Trinajstić information content (AvgIpc) is 3.37. The van der Waals surface area contributed by atoms with E-state index in [0.29, 0.717) is 31.4 Å². The summed E-state index contributed by atoms with van der Waals surface area (Å²) >= 11 is 1.14. The van der Waals surface area contributed by atoms with E-state index in [1.165, 1.54) is 18.2 Å². The number of nitro benzene ring substituents is 1. The third-order valence-electron chi connectivity index (χ3n) is 5.09. The molecule has 31 heavy (non-hydrogen) atoms. The average molecular weight is 466 g/mol. The van der Waals surface area contributed by atoms with Crippen LogP contribution in [0.3, 0.4) is 0 Å². The van der Waals surface area contributed by atoms with E-state index in [-0.39, 0.29) is 34.0 Å². The number of rotatable bonds is 6. The highest BCUT2D eigenvalue weighted by molar-refractivity contribution is 7.91. The second-order valence-corrected chi connectivity index (χ2v) is 9.96. The fraction of sp³-hybridized carbons (Fsp3) is 0.333. The molecule has 0 spiro atoms. The molecule has 1 aliphatic heterocycles. The lowest BCUT2D eigenvalue weighted by molar-refractivity contribution is -0.384. The molecule has 0 unspecified atom stereocenters. The fourth-order valence-corrected chi connectivity index (χ4v) is 5.81. The van der Waals surface area contributed by atoms with E-state index in [1.807, 2.05) is 0 Å². The van der Waals surface area contributed by atoms with Gasteiger partial charge in [0.2, 0.25) is 15.9 Å². The molecule has 1 aromatic carbocycles. The van der Waals surface area contributed by atoms with Gasteiger partial charge in [-0.2, -0.15) is 0 Å². The normalized spacial score (nSPS) is 15.4. The van der Waals surface area contributed by atoms with E-state index in [2.05, 4.69) is 4.72 Å². The predicted octanol–water partition coefficient (Wildman–Crippen LogP) is 1.53. The van der Waals surface area contributed by atoms with Crippen LogP contribution in [0, 0.1) is 10.1 Å². The van der Waals surface area contributed by atoms with Crippen molar-refractivity contribution in [3.05, 3.63) is 56.4 Å². The Labute approximate surface area is 180 Å². The summed E-state index contributed by atoms with van der Waals surface area (Å²) < 4.78 is 33.8. The van der Waals surface area contributed by atoms with Crippen LogP contribution in [0.15, 0.2) is 49.1 Å². The van der Waals surface area contributed by atoms with E-state index in [1.54, 1.807) is 16.3 Å². The van der Waals surface area contributed by atoms with E-state index in [0.717, 1.165) is 22.0 Å². The minimum Gasteiger partial charge on any atom is -0.407 e. The molecule has 2 aromatic heterocycles. The number of likely N-dealkylation sites (tertiary alicyclic amines) is 1. The number of thiophene rings is 1. The second kappa shape index (κ2) is 8.24. The number of nitrogens with one attached hydrogen (secondary N) is 1. The minimum absolute atomic E-state index is 0.0358. The van der Waals surface area contributed by atoms with Crippen molar-refractivity contribution >= 4 is 44.1 Å². The van der Waals surface area contributed by atoms with Crippen molar-refractivity contribution in [2.45, 2.75) is 29.6 Å². The smallest absolute Gasteiger partial charge is 0.407 e. The Kier molecular flexibility index (Phi) is 5.64. The number of hydrogen-bond acceptors (Lipinski definition) is 8.